The van der Waals surface area contributed by atoms with Gasteiger partial charge in [-0.1, -0.05) is 62.4 Å². The Balaban J connectivity index is 1.34. The zero-order valence-corrected chi connectivity index (χ0v) is 17.4. The summed E-state index contributed by atoms with van der Waals surface area (Å²) in [5, 5.41) is 5.67. The van der Waals surface area contributed by atoms with E-state index >= 15 is 0 Å². The first-order valence-electron chi connectivity index (χ1n) is 10.5. The van der Waals surface area contributed by atoms with Gasteiger partial charge in [0.1, 0.15) is 12.1 Å². The molecule has 2 N–H and O–H groups in total. The fourth-order valence-electron chi connectivity index (χ4n) is 4.35. The number of amides is 4. The summed E-state index contributed by atoms with van der Waals surface area (Å²) >= 11 is 0. The molecule has 4 rings (SSSR count). The summed E-state index contributed by atoms with van der Waals surface area (Å²) in [4.78, 5) is 39.0. The molecule has 0 radical (unpaired) electrons. The average molecular weight is 405 g/mol. The van der Waals surface area contributed by atoms with Gasteiger partial charge in [-0.05, 0) is 47.4 Å². The molecule has 0 bridgehead atoms. The molecule has 1 fully saturated rings. The monoisotopic (exact) mass is 405 g/mol. The summed E-state index contributed by atoms with van der Waals surface area (Å²) in [5.41, 5.74) is 3.31. The van der Waals surface area contributed by atoms with Crippen molar-refractivity contribution in [3.63, 3.8) is 0 Å². The van der Waals surface area contributed by atoms with E-state index in [2.05, 4.69) is 48.7 Å². The number of hydrogen-bond donors (Lipinski definition) is 2. The second-order valence-electron chi connectivity index (χ2n) is 8.38. The highest BCUT2D eigenvalue weighted by Gasteiger charge is 2.55. The summed E-state index contributed by atoms with van der Waals surface area (Å²) in [6, 6.07) is 15.5. The Hall–Kier alpha value is -3.15. The van der Waals surface area contributed by atoms with E-state index in [1.807, 2.05) is 24.3 Å². The van der Waals surface area contributed by atoms with Crippen LogP contribution < -0.4 is 10.6 Å². The van der Waals surface area contributed by atoms with Crippen LogP contribution in [0.1, 0.15) is 48.4 Å². The van der Waals surface area contributed by atoms with Gasteiger partial charge in [0.25, 0.3) is 5.91 Å². The molecule has 0 aromatic heterocycles. The number of urea groups is 1. The van der Waals surface area contributed by atoms with Crippen molar-refractivity contribution in [3.8, 4) is 0 Å². The van der Waals surface area contributed by atoms with E-state index in [0.717, 1.165) is 28.0 Å². The summed E-state index contributed by atoms with van der Waals surface area (Å²) < 4.78 is 0. The van der Waals surface area contributed by atoms with E-state index < -0.39 is 11.6 Å². The van der Waals surface area contributed by atoms with Crippen LogP contribution in [0.4, 0.5) is 4.79 Å². The van der Waals surface area contributed by atoms with Crippen LogP contribution in [-0.4, -0.2) is 35.8 Å². The molecule has 30 heavy (non-hydrogen) atoms. The number of nitrogens with zero attached hydrogens (tertiary/aromatic N) is 1. The van der Waals surface area contributed by atoms with Gasteiger partial charge < -0.3 is 10.6 Å². The van der Waals surface area contributed by atoms with E-state index in [9.17, 15) is 14.4 Å². The minimum atomic E-state index is -1.02. The smallest absolute Gasteiger partial charge is 0.325 e. The predicted molar refractivity (Wildman–Crippen MR) is 114 cm³/mol. The molecule has 1 aliphatic heterocycles. The van der Waals surface area contributed by atoms with E-state index in [-0.39, 0.29) is 18.4 Å². The van der Waals surface area contributed by atoms with Crippen LogP contribution in [0.2, 0.25) is 0 Å². The maximum absolute atomic E-state index is 13.1. The molecule has 1 spiro atoms. The Kier molecular flexibility index (Phi) is 5.33. The Labute approximate surface area is 176 Å². The largest absolute Gasteiger partial charge is 0.354 e. The van der Waals surface area contributed by atoms with Crippen molar-refractivity contribution in [3.05, 3.63) is 70.8 Å². The Bertz CT molecular complexity index is 983. The summed E-state index contributed by atoms with van der Waals surface area (Å²) in [5.74, 6) is -0.185. The van der Waals surface area contributed by atoms with Crippen molar-refractivity contribution in [1.29, 1.82) is 0 Å². The number of benzene rings is 2. The number of carbonyl (C=O) groups excluding carboxylic acids is 3. The lowest BCUT2D eigenvalue weighted by atomic mass is 9.92. The molecule has 1 heterocycles. The molecule has 1 atom stereocenters. The number of rotatable bonds is 6. The summed E-state index contributed by atoms with van der Waals surface area (Å²) in [6.45, 7) is 4.50. The number of aryl methyl sites for hydroxylation is 1. The van der Waals surface area contributed by atoms with Gasteiger partial charge in [0.2, 0.25) is 5.91 Å². The van der Waals surface area contributed by atoms with Crippen LogP contribution >= 0.6 is 0 Å². The van der Waals surface area contributed by atoms with E-state index in [4.69, 9.17) is 0 Å². The fraction of sp³-hybridized carbons (Fsp3) is 0.375. The second kappa shape index (κ2) is 7.94. The normalized spacial score (nSPS) is 20.0. The molecule has 0 unspecified atom stereocenters. The Morgan fingerprint density at radius 1 is 1.13 bits per heavy atom. The maximum Gasteiger partial charge on any atom is 0.325 e. The molecule has 6 nitrogen and oxygen atoms in total. The molecule has 0 saturated carbocycles. The van der Waals surface area contributed by atoms with Gasteiger partial charge in [0.05, 0.1) is 0 Å². The number of fused-ring (bicyclic) bond motifs is 2. The Morgan fingerprint density at radius 2 is 1.87 bits per heavy atom. The van der Waals surface area contributed by atoms with Crippen molar-refractivity contribution < 1.29 is 14.4 Å². The highest BCUT2D eigenvalue weighted by molar-refractivity contribution is 6.09. The molecule has 2 aromatic carbocycles. The standard InChI is InChI=1S/C24H27N3O3/c1-16(2)18-9-7-17(8-10-18)12-14-25-21(28)15-27-22(29)24(26-23(27)30)13-11-19-5-3-4-6-20(19)24/h3-10,16H,11-15H2,1-2H3,(H,25,28)(H,26,30)/t24-/m0/s1. The first kappa shape index (κ1) is 20.1. The van der Waals surface area contributed by atoms with E-state index in [0.29, 0.717) is 25.3 Å². The Morgan fingerprint density at radius 3 is 2.60 bits per heavy atom. The van der Waals surface area contributed by atoms with E-state index in [1.54, 1.807) is 0 Å². The first-order valence-corrected chi connectivity index (χ1v) is 10.5. The van der Waals surface area contributed by atoms with Crippen LogP contribution in [0, 0.1) is 0 Å². The van der Waals surface area contributed by atoms with Crippen molar-refractivity contribution in [1.82, 2.24) is 15.5 Å². The average Bonchev–Trinajstić information content (AvgIpc) is 3.22. The molecular weight excluding hydrogens is 378 g/mol. The third-order valence-corrected chi connectivity index (χ3v) is 6.11. The molecule has 2 aromatic rings. The van der Waals surface area contributed by atoms with Gasteiger partial charge in [0.15, 0.2) is 0 Å². The molecule has 4 amide bonds. The highest BCUT2D eigenvalue weighted by atomic mass is 16.2. The van der Waals surface area contributed by atoms with Gasteiger partial charge >= 0.3 is 6.03 Å². The van der Waals surface area contributed by atoms with Gasteiger partial charge in [-0.15, -0.1) is 0 Å². The van der Waals surface area contributed by atoms with Crippen LogP contribution in [0.5, 0.6) is 0 Å². The van der Waals surface area contributed by atoms with Gasteiger partial charge in [-0.25, -0.2) is 4.79 Å². The maximum atomic E-state index is 13.1. The summed E-state index contributed by atoms with van der Waals surface area (Å²) in [6.07, 6.45) is 1.96. The lowest BCUT2D eigenvalue weighted by Crippen LogP contribution is -2.44. The van der Waals surface area contributed by atoms with Crippen molar-refractivity contribution in [2.24, 2.45) is 0 Å². The quantitative estimate of drug-likeness (QED) is 0.726. The number of hydrogen-bond acceptors (Lipinski definition) is 3. The zero-order chi connectivity index (χ0) is 21.3. The molecule has 6 heteroatoms. The van der Waals surface area contributed by atoms with E-state index in [1.165, 1.54) is 5.56 Å². The van der Waals surface area contributed by atoms with Gasteiger partial charge in [-0.3, -0.25) is 14.5 Å². The molecule has 1 aliphatic carbocycles. The molecule has 1 saturated heterocycles. The number of carbonyl (C=O) groups is 3. The lowest BCUT2D eigenvalue weighted by Gasteiger charge is -2.22. The van der Waals surface area contributed by atoms with Crippen LogP contribution in [-0.2, 0) is 28.0 Å². The lowest BCUT2D eigenvalue weighted by molar-refractivity contribution is -0.135. The second-order valence-corrected chi connectivity index (χ2v) is 8.38. The van der Waals surface area contributed by atoms with Crippen LogP contribution in [0.25, 0.3) is 0 Å². The number of nitrogens with one attached hydrogen (secondary N) is 2. The molecule has 2 aliphatic rings. The minimum absolute atomic E-state index is 0.263. The molecular formula is C24H27N3O3. The number of imide groups is 1. The fourth-order valence-corrected chi connectivity index (χ4v) is 4.35. The third kappa shape index (κ3) is 3.58. The first-order chi connectivity index (χ1) is 14.4. The van der Waals surface area contributed by atoms with Gasteiger partial charge in [0, 0.05) is 6.54 Å². The van der Waals surface area contributed by atoms with Crippen molar-refractivity contribution in [2.75, 3.05) is 13.1 Å². The zero-order valence-electron chi connectivity index (χ0n) is 17.4. The third-order valence-electron chi connectivity index (χ3n) is 6.11. The topological polar surface area (TPSA) is 78.5 Å². The SMILES string of the molecule is CC(C)c1ccc(CCNC(=O)CN2C(=O)N[C@]3(CCc4ccccc43)C2=O)cc1. The molecule has 156 valence electrons. The van der Waals surface area contributed by atoms with Crippen molar-refractivity contribution in [2.45, 2.75) is 44.6 Å². The predicted octanol–water partition coefficient (Wildman–Crippen LogP) is 2.86. The van der Waals surface area contributed by atoms with Crippen LogP contribution in [0.3, 0.4) is 0 Å². The highest BCUT2D eigenvalue weighted by Crippen LogP contribution is 2.41. The van der Waals surface area contributed by atoms with Crippen molar-refractivity contribution >= 4 is 17.8 Å². The van der Waals surface area contributed by atoms with Crippen LogP contribution in [0.15, 0.2) is 48.5 Å². The summed E-state index contributed by atoms with van der Waals surface area (Å²) in [7, 11) is 0. The van der Waals surface area contributed by atoms with Gasteiger partial charge in [-0.2, -0.15) is 0 Å². The minimum Gasteiger partial charge on any atom is -0.354 e.